The molecule has 0 amide bonds. The number of halogens is 1. The quantitative estimate of drug-likeness (QED) is 0.809. The lowest BCUT2D eigenvalue weighted by Gasteiger charge is -2.20. The van der Waals surface area contributed by atoms with E-state index in [0.717, 1.165) is 16.9 Å². The van der Waals surface area contributed by atoms with Gasteiger partial charge in [0.2, 0.25) is 0 Å². The van der Waals surface area contributed by atoms with Gasteiger partial charge in [0.25, 0.3) is 0 Å². The summed E-state index contributed by atoms with van der Waals surface area (Å²) in [5.41, 5.74) is 8.01. The second-order valence-corrected chi connectivity index (χ2v) is 5.69. The van der Waals surface area contributed by atoms with Crippen molar-refractivity contribution in [3.8, 4) is 17.2 Å². The van der Waals surface area contributed by atoms with Crippen molar-refractivity contribution in [2.75, 3.05) is 20.3 Å². The van der Waals surface area contributed by atoms with Crippen molar-refractivity contribution in [2.24, 2.45) is 5.73 Å². The van der Waals surface area contributed by atoms with E-state index in [1.807, 2.05) is 37.3 Å². The van der Waals surface area contributed by atoms with Crippen LogP contribution in [0.15, 0.2) is 36.4 Å². The van der Waals surface area contributed by atoms with Crippen LogP contribution in [0.2, 0.25) is 5.02 Å². The van der Waals surface area contributed by atoms with Crippen LogP contribution in [0.3, 0.4) is 0 Å². The van der Waals surface area contributed by atoms with E-state index in [-0.39, 0.29) is 11.7 Å². The Hall–Kier alpha value is -1.91. The first-order valence-corrected chi connectivity index (χ1v) is 7.95. The summed E-state index contributed by atoms with van der Waals surface area (Å²) in [6.07, 6.45) is 0.702. The molecule has 0 aliphatic rings. The van der Waals surface area contributed by atoms with Gasteiger partial charge in [-0.1, -0.05) is 17.7 Å². The van der Waals surface area contributed by atoms with Gasteiger partial charge in [-0.2, -0.15) is 0 Å². The number of hydrogen-bond donors (Lipinski definition) is 2. The fourth-order valence-corrected chi connectivity index (χ4v) is 2.76. The van der Waals surface area contributed by atoms with Gasteiger partial charge in [-0.15, -0.1) is 0 Å². The van der Waals surface area contributed by atoms with Gasteiger partial charge in [0.05, 0.1) is 13.7 Å². The summed E-state index contributed by atoms with van der Waals surface area (Å²) in [7, 11) is 1.53. The van der Waals surface area contributed by atoms with E-state index < -0.39 is 0 Å². The highest BCUT2D eigenvalue weighted by atomic mass is 35.5. The second-order valence-electron chi connectivity index (χ2n) is 5.26. The molecule has 2 aromatic rings. The minimum absolute atomic E-state index is 0.0597. The van der Waals surface area contributed by atoms with Crippen molar-refractivity contribution < 1.29 is 14.6 Å². The maximum atomic E-state index is 9.71. The summed E-state index contributed by atoms with van der Waals surface area (Å²) in [5.74, 6) is 1.44. The fourth-order valence-electron chi connectivity index (χ4n) is 2.58. The molecule has 0 spiro atoms. The number of aromatic hydroxyl groups is 1. The van der Waals surface area contributed by atoms with Crippen molar-refractivity contribution >= 4 is 11.6 Å². The van der Waals surface area contributed by atoms with Crippen LogP contribution < -0.4 is 15.2 Å². The number of rotatable bonds is 7. The number of phenols is 1. The van der Waals surface area contributed by atoms with Crippen molar-refractivity contribution in [3.63, 3.8) is 0 Å². The van der Waals surface area contributed by atoms with Crippen LogP contribution in [-0.4, -0.2) is 25.4 Å². The fraction of sp³-hybridized carbons (Fsp3) is 0.333. The SMILES string of the molecule is CCOc1ccc(Cl)cc1C(CN)Cc1ccc(O)c(OC)c1. The molecule has 23 heavy (non-hydrogen) atoms. The van der Waals surface area contributed by atoms with Gasteiger partial charge in [-0.25, -0.2) is 0 Å². The molecule has 0 saturated heterocycles. The molecular weight excluding hydrogens is 314 g/mol. The maximum Gasteiger partial charge on any atom is 0.160 e. The summed E-state index contributed by atoms with van der Waals surface area (Å²) in [5, 5.41) is 10.4. The molecule has 3 N–H and O–H groups in total. The molecule has 0 radical (unpaired) electrons. The van der Waals surface area contributed by atoms with E-state index in [4.69, 9.17) is 26.8 Å². The molecule has 2 aromatic carbocycles. The largest absolute Gasteiger partial charge is 0.504 e. The van der Waals surface area contributed by atoms with Crippen molar-refractivity contribution in [3.05, 3.63) is 52.5 Å². The average Bonchev–Trinajstić information content (AvgIpc) is 2.56. The monoisotopic (exact) mass is 335 g/mol. The Bertz CT molecular complexity index is 661. The van der Waals surface area contributed by atoms with E-state index in [0.29, 0.717) is 30.3 Å². The zero-order valence-corrected chi connectivity index (χ0v) is 14.1. The minimum atomic E-state index is 0.0597. The van der Waals surface area contributed by atoms with Crippen LogP contribution in [0.5, 0.6) is 17.2 Å². The molecule has 0 aromatic heterocycles. The molecular formula is C18H22ClNO3. The van der Waals surface area contributed by atoms with Gasteiger partial charge in [0.15, 0.2) is 11.5 Å². The lowest BCUT2D eigenvalue weighted by molar-refractivity contribution is 0.334. The summed E-state index contributed by atoms with van der Waals surface area (Å²) < 4.78 is 10.9. The van der Waals surface area contributed by atoms with Gasteiger partial charge in [0, 0.05) is 16.5 Å². The third kappa shape index (κ3) is 4.30. The normalized spacial score (nSPS) is 12.0. The summed E-state index contributed by atoms with van der Waals surface area (Å²) in [6, 6.07) is 10.9. The molecule has 1 atom stereocenters. The third-order valence-corrected chi connectivity index (χ3v) is 3.96. The Morgan fingerprint density at radius 3 is 2.61 bits per heavy atom. The van der Waals surface area contributed by atoms with Gasteiger partial charge in [0.1, 0.15) is 5.75 Å². The molecule has 4 nitrogen and oxygen atoms in total. The molecule has 2 rings (SSSR count). The predicted molar refractivity (Wildman–Crippen MR) is 92.8 cm³/mol. The molecule has 0 aliphatic heterocycles. The average molecular weight is 336 g/mol. The topological polar surface area (TPSA) is 64.7 Å². The van der Waals surface area contributed by atoms with E-state index in [9.17, 15) is 5.11 Å². The number of methoxy groups -OCH3 is 1. The number of hydrogen-bond acceptors (Lipinski definition) is 4. The Labute approximate surface area is 141 Å². The van der Waals surface area contributed by atoms with Gasteiger partial charge in [-0.3, -0.25) is 0 Å². The molecule has 1 unspecified atom stereocenters. The van der Waals surface area contributed by atoms with E-state index >= 15 is 0 Å². The lowest BCUT2D eigenvalue weighted by Crippen LogP contribution is -2.16. The van der Waals surface area contributed by atoms with Crippen LogP contribution in [0.25, 0.3) is 0 Å². The zero-order valence-electron chi connectivity index (χ0n) is 13.4. The van der Waals surface area contributed by atoms with E-state index in [2.05, 4.69) is 0 Å². The lowest BCUT2D eigenvalue weighted by atomic mass is 9.91. The number of ether oxygens (including phenoxy) is 2. The van der Waals surface area contributed by atoms with Crippen molar-refractivity contribution in [1.82, 2.24) is 0 Å². The van der Waals surface area contributed by atoms with E-state index in [1.54, 1.807) is 6.07 Å². The predicted octanol–water partition coefficient (Wildman–Crippen LogP) is 3.74. The molecule has 124 valence electrons. The highest BCUT2D eigenvalue weighted by molar-refractivity contribution is 6.30. The second kappa shape index (κ2) is 8.09. The van der Waals surface area contributed by atoms with Gasteiger partial charge >= 0.3 is 0 Å². The molecule has 0 saturated carbocycles. The third-order valence-electron chi connectivity index (χ3n) is 3.72. The van der Waals surface area contributed by atoms with E-state index in [1.165, 1.54) is 7.11 Å². The standard InChI is InChI=1S/C18H22ClNO3/c1-3-23-17-7-5-14(19)10-15(17)13(11-20)8-12-4-6-16(21)18(9-12)22-2/h4-7,9-10,13,21H,3,8,11,20H2,1-2H3. The summed E-state index contributed by atoms with van der Waals surface area (Å²) in [4.78, 5) is 0. The smallest absolute Gasteiger partial charge is 0.160 e. The van der Waals surface area contributed by atoms with Crippen LogP contribution in [0.4, 0.5) is 0 Å². The first-order chi connectivity index (χ1) is 11.1. The highest BCUT2D eigenvalue weighted by Crippen LogP contribution is 2.33. The van der Waals surface area contributed by atoms with Crippen LogP contribution in [0, 0.1) is 0 Å². The van der Waals surface area contributed by atoms with Crippen LogP contribution in [0.1, 0.15) is 24.0 Å². The zero-order chi connectivity index (χ0) is 16.8. The van der Waals surface area contributed by atoms with Crippen molar-refractivity contribution in [1.29, 1.82) is 0 Å². The molecule has 0 bridgehead atoms. The van der Waals surface area contributed by atoms with Crippen molar-refractivity contribution in [2.45, 2.75) is 19.3 Å². The maximum absolute atomic E-state index is 9.71. The Morgan fingerprint density at radius 2 is 1.96 bits per heavy atom. The minimum Gasteiger partial charge on any atom is -0.504 e. The number of benzene rings is 2. The molecule has 0 fully saturated rings. The number of phenolic OH excluding ortho intramolecular Hbond substituents is 1. The highest BCUT2D eigenvalue weighted by Gasteiger charge is 2.17. The molecule has 5 heteroatoms. The van der Waals surface area contributed by atoms with Crippen LogP contribution in [-0.2, 0) is 6.42 Å². The van der Waals surface area contributed by atoms with Gasteiger partial charge in [-0.05, 0) is 55.8 Å². The Balaban J connectivity index is 2.31. The number of nitrogens with two attached hydrogens (primary N) is 1. The molecule has 0 heterocycles. The first kappa shape index (κ1) is 17.4. The van der Waals surface area contributed by atoms with Gasteiger partial charge < -0.3 is 20.3 Å². The molecule has 0 aliphatic carbocycles. The Morgan fingerprint density at radius 1 is 1.17 bits per heavy atom. The summed E-state index contributed by atoms with van der Waals surface area (Å²) in [6.45, 7) is 2.99. The first-order valence-electron chi connectivity index (χ1n) is 7.57. The summed E-state index contributed by atoms with van der Waals surface area (Å²) >= 11 is 6.14. The van der Waals surface area contributed by atoms with Crippen LogP contribution >= 0.6 is 11.6 Å². The Kier molecular flexibility index (Phi) is 6.13.